The number of rotatable bonds is 11. The van der Waals surface area contributed by atoms with Crippen LogP contribution in [0.4, 0.5) is 5.69 Å². The summed E-state index contributed by atoms with van der Waals surface area (Å²) in [5.74, 6) is 0.308. The smallest absolute Gasteiger partial charge is 0.339 e. The second kappa shape index (κ2) is 13.8. The third-order valence-corrected chi connectivity index (χ3v) is 9.60. The molecule has 1 aromatic heterocycles. The minimum atomic E-state index is -4.37. The van der Waals surface area contributed by atoms with E-state index in [1.807, 2.05) is 6.92 Å². The fraction of sp³-hybridized carbons (Fsp3) is 0.242. The molecule has 4 aromatic rings. The zero-order valence-electron chi connectivity index (χ0n) is 26.6. The number of ether oxygens (including phenoxy) is 3. The third kappa shape index (κ3) is 6.73. The number of allylic oxidation sites excluding steroid dienone is 1. The molecule has 0 aliphatic carbocycles. The first-order valence-corrected chi connectivity index (χ1v) is 16.9. The van der Waals surface area contributed by atoms with Crippen molar-refractivity contribution in [3.8, 4) is 17.2 Å². The van der Waals surface area contributed by atoms with E-state index in [-0.39, 0.29) is 28.5 Å². The predicted octanol–water partition coefficient (Wildman–Crippen LogP) is 4.19. The van der Waals surface area contributed by atoms with Crippen molar-refractivity contribution in [1.29, 1.82) is 0 Å². The van der Waals surface area contributed by atoms with Gasteiger partial charge in [0.1, 0.15) is 10.6 Å². The van der Waals surface area contributed by atoms with Crippen LogP contribution in [0.1, 0.15) is 43.5 Å². The van der Waals surface area contributed by atoms with Gasteiger partial charge in [0.2, 0.25) is 0 Å². The number of thiazole rings is 1. The SMILES string of the molecule is CCOC(=O)C1=C(C)N=c2s/c(=C\c3ccc(OS(=O)(=O)c4ccc(C)c([N+](=O)[O-])c4)cc3)c(=O)n2[C@H]1c1ccc(OC)c(OCC)c1. The molecule has 3 aromatic carbocycles. The van der Waals surface area contributed by atoms with Crippen LogP contribution >= 0.6 is 11.3 Å². The zero-order chi connectivity index (χ0) is 34.7. The number of esters is 1. The summed E-state index contributed by atoms with van der Waals surface area (Å²) in [5, 5.41) is 11.3. The number of nitro groups is 1. The molecule has 2 heterocycles. The molecule has 0 spiro atoms. The van der Waals surface area contributed by atoms with Gasteiger partial charge >= 0.3 is 16.1 Å². The van der Waals surface area contributed by atoms with E-state index in [1.165, 1.54) is 42.9 Å². The lowest BCUT2D eigenvalue weighted by atomic mass is 9.95. The second-order valence-corrected chi connectivity index (χ2v) is 13.0. The lowest BCUT2D eigenvalue weighted by Crippen LogP contribution is -2.40. The van der Waals surface area contributed by atoms with Gasteiger partial charge in [0, 0.05) is 11.6 Å². The lowest BCUT2D eigenvalue weighted by molar-refractivity contribution is -0.385. The molecule has 1 aliphatic rings. The maximum Gasteiger partial charge on any atom is 0.339 e. The Balaban J connectivity index is 1.53. The molecule has 5 rings (SSSR count). The Morgan fingerprint density at radius 1 is 1.04 bits per heavy atom. The molecule has 1 atom stereocenters. The van der Waals surface area contributed by atoms with Crippen molar-refractivity contribution in [2.24, 2.45) is 4.99 Å². The van der Waals surface area contributed by atoms with E-state index in [4.69, 9.17) is 18.4 Å². The Morgan fingerprint density at radius 3 is 2.42 bits per heavy atom. The van der Waals surface area contributed by atoms with Gasteiger partial charge in [0.25, 0.3) is 11.2 Å². The molecule has 0 saturated heterocycles. The van der Waals surface area contributed by atoms with Crippen molar-refractivity contribution >= 4 is 39.2 Å². The van der Waals surface area contributed by atoms with Crippen LogP contribution in [0, 0.1) is 17.0 Å². The maximum absolute atomic E-state index is 14.0. The molecule has 0 amide bonds. The molecular weight excluding hydrogens is 663 g/mol. The van der Waals surface area contributed by atoms with Crippen molar-refractivity contribution in [2.45, 2.75) is 38.6 Å². The van der Waals surface area contributed by atoms with Crippen LogP contribution in [0.15, 0.2) is 86.6 Å². The summed E-state index contributed by atoms with van der Waals surface area (Å²) in [6.07, 6.45) is 1.62. The Bertz CT molecular complexity index is 2240. The van der Waals surface area contributed by atoms with Gasteiger partial charge in [0.05, 0.1) is 47.1 Å². The summed E-state index contributed by atoms with van der Waals surface area (Å²) < 4.78 is 49.2. The van der Waals surface area contributed by atoms with E-state index in [0.717, 1.165) is 17.4 Å². The van der Waals surface area contributed by atoms with Crippen molar-refractivity contribution in [1.82, 2.24) is 4.57 Å². The van der Waals surface area contributed by atoms with E-state index in [0.29, 0.717) is 49.8 Å². The summed E-state index contributed by atoms with van der Waals surface area (Å²) in [6.45, 7) is 7.21. The molecule has 0 N–H and O–H groups in total. The number of carbonyl (C=O) groups excluding carboxylic acids is 1. The topological polar surface area (TPSA) is 166 Å². The molecule has 15 heteroatoms. The number of nitrogens with zero attached hydrogens (tertiary/aromatic N) is 3. The van der Waals surface area contributed by atoms with Crippen LogP contribution in [-0.2, 0) is 19.6 Å². The summed E-state index contributed by atoms with van der Waals surface area (Å²) in [5.41, 5.74) is 1.32. The molecule has 13 nitrogen and oxygen atoms in total. The van der Waals surface area contributed by atoms with Crippen LogP contribution in [0.3, 0.4) is 0 Å². The number of fused-ring (bicyclic) bond motifs is 1. The number of carbonyl (C=O) groups is 1. The molecule has 250 valence electrons. The average molecular weight is 694 g/mol. The van der Waals surface area contributed by atoms with Crippen molar-refractivity contribution in [3.63, 3.8) is 0 Å². The normalized spacial score (nSPS) is 14.6. The van der Waals surface area contributed by atoms with Crippen molar-refractivity contribution in [3.05, 3.63) is 118 Å². The number of methoxy groups -OCH3 is 1. The van der Waals surface area contributed by atoms with Crippen LogP contribution in [0.5, 0.6) is 17.2 Å². The number of benzene rings is 3. The molecule has 0 bridgehead atoms. The standard InChI is InChI=1S/C33H31N3O10S2/c1-6-44-27-17-22(11-15-26(27)43-5)30-29(32(38)45-7-2)20(4)34-33-35(30)31(37)28(47-33)16-21-9-12-23(13-10-21)46-48(41,42)24-14-8-19(3)25(18-24)36(39)40/h8-18,30H,6-7H2,1-5H3/b28-16-/t30-/m0/s1. The van der Waals surface area contributed by atoms with Crippen molar-refractivity contribution in [2.75, 3.05) is 20.3 Å². The molecule has 0 fully saturated rings. The van der Waals surface area contributed by atoms with E-state index >= 15 is 0 Å². The van der Waals surface area contributed by atoms with Crippen LogP contribution in [-0.4, -0.2) is 44.2 Å². The maximum atomic E-state index is 14.0. The summed E-state index contributed by atoms with van der Waals surface area (Å²) in [7, 11) is -2.85. The number of nitro benzene ring substituents is 1. The zero-order valence-corrected chi connectivity index (χ0v) is 28.2. The Morgan fingerprint density at radius 2 is 1.77 bits per heavy atom. The molecule has 1 aliphatic heterocycles. The lowest BCUT2D eigenvalue weighted by Gasteiger charge is -2.25. The van der Waals surface area contributed by atoms with Gasteiger partial charge in [0.15, 0.2) is 16.3 Å². The first-order chi connectivity index (χ1) is 22.9. The Labute approximate surface area is 279 Å². The quantitative estimate of drug-likeness (QED) is 0.0963. The van der Waals surface area contributed by atoms with Crippen LogP contribution in [0.25, 0.3) is 6.08 Å². The monoisotopic (exact) mass is 693 g/mol. The Kier molecular flexibility index (Phi) is 9.82. The van der Waals surface area contributed by atoms with E-state index < -0.39 is 32.6 Å². The van der Waals surface area contributed by atoms with Crippen LogP contribution < -0.4 is 28.5 Å². The Hall–Kier alpha value is -5.28. The minimum Gasteiger partial charge on any atom is -0.493 e. The number of aryl methyl sites for hydroxylation is 1. The largest absolute Gasteiger partial charge is 0.493 e. The fourth-order valence-corrected chi connectivity index (χ4v) is 7.12. The van der Waals surface area contributed by atoms with Crippen LogP contribution in [0.2, 0.25) is 0 Å². The number of aromatic nitrogens is 1. The number of hydrogen-bond donors (Lipinski definition) is 0. The first kappa shape index (κ1) is 34.1. The molecule has 48 heavy (non-hydrogen) atoms. The fourth-order valence-electron chi connectivity index (χ4n) is 5.13. The second-order valence-electron chi connectivity index (χ2n) is 10.5. The molecule has 0 radical (unpaired) electrons. The van der Waals surface area contributed by atoms with Gasteiger partial charge < -0.3 is 18.4 Å². The van der Waals surface area contributed by atoms with Gasteiger partial charge in [-0.1, -0.05) is 35.6 Å². The highest BCUT2D eigenvalue weighted by atomic mass is 32.2. The van der Waals surface area contributed by atoms with Gasteiger partial charge in [-0.15, -0.1) is 0 Å². The van der Waals surface area contributed by atoms with E-state index in [1.54, 1.807) is 50.3 Å². The number of hydrogen-bond acceptors (Lipinski definition) is 12. The van der Waals surface area contributed by atoms with Gasteiger partial charge in [-0.05, 0) is 75.2 Å². The molecular formula is C33H31N3O10S2. The third-order valence-electron chi connectivity index (χ3n) is 7.37. The minimum absolute atomic E-state index is 0.0313. The highest BCUT2D eigenvalue weighted by molar-refractivity contribution is 7.87. The summed E-state index contributed by atoms with van der Waals surface area (Å²) in [4.78, 5) is 42.4. The molecule has 0 unspecified atom stereocenters. The first-order valence-electron chi connectivity index (χ1n) is 14.7. The van der Waals surface area contributed by atoms with Gasteiger partial charge in [-0.2, -0.15) is 8.42 Å². The average Bonchev–Trinajstić information content (AvgIpc) is 3.34. The molecule has 0 saturated carbocycles. The predicted molar refractivity (Wildman–Crippen MR) is 177 cm³/mol. The van der Waals surface area contributed by atoms with Crippen molar-refractivity contribution < 1.29 is 36.5 Å². The highest BCUT2D eigenvalue weighted by Gasteiger charge is 2.34. The van der Waals surface area contributed by atoms with E-state index in [9.17, 15) is 28.1 Å². The highest BCUT2D eigenvalue weighted by Crippen LogP contribution is 2.36. The van der Waals surface area contributed by atoms with Gasteiger partial charge in [-0.25, -0.2) is 9.79 Å². The summed E-state index contributed by atoms with van der Waals surface area (Å²) >= 11 is 1.13. The summed E-state index contributed by atoms with van der Waals surface area (Å²) in [6, 6.07) is 13.8. The van der Waals surface area contributed by atoms with Gasteiger partial charge in [-0.3, -0.25) is 19.5 Å². The van der Waals surface area contributed by atoms with E-state index in [2.05, 4.69) is 4.99 Å².